The average molecular weight is 501 g/mol. The summed E-state index contributed by atoms with van der Waals surface area (Å²) in [5.74, 6) is 2.32. The van der Waals surface area contributed by atoms with Crippen LogP contribution in [0.2, 0.25) is 0 Å². The van der Waals surface area contributed by atoms with Crippen molar-refractivity contribution in [2.45, 2.75) is 85.7 Å². The summed E-state index contributed by atoms with van der Waals surface area (Å²) < 4.78 is 24.4. The van der Waals surface area contributed by atoms with Crippen LogP contribution in [0.15, 0.2) is 53.8 Å². The molecule has 0 N–H and O–H groups in total. The molecule has 194 valence electrons. The van der Waals surface area contributed by atoms with E-state index < -0.39 is 21.8 Å². The van der Waals surface area contributed by atoms with Gasteiger partial charge in [-0.2, -0.15) is 0 Å². The molecule has 0 amide bonds. The van der Waals surface area contributed by atoms with Crippen molar-refractivity contribution in [1.29, 1.82) is 0 Å². The minimum absolute atomic E-state index is 0.0718. The van der Waals surface area contributed by atoms with E-state index in [4.69, 9.17) is 9.47 Å². The molecule has 5 heteroatoms. The van der Waals surface area contributed by atoms with Crippen molar-refractivity contribution in [1.82, 2.24) is 0 Å². The minimum Gasteiger partial charge on any atom is -0.488 e. The zero-order valence-electron chi connectivity index (χ0n) is 23.1. The van der Waals surface area contributed by atoms with Crippen LogP contribution in [0.5, 0.6) is 5.75 Å². The summed E-state index contributed by atoms with van der Waals surface area (Å²) in [6, 6.07) is 6.26. The molecule has 0 aromatic heterocycles. The molecule has 1 heterocycles. The summed E-state index contributed by atoms with van der Waals surface area (Å²) in [5.41, 5.74) is 2.04. The summed E-state index contributed by atoms with van der Waals surface area (Å²) in [4.78, 5) is 12.3. The molecule has 0 bridgehead atoms. The highest BCUT2D eigenvalue weighted by Gasteiger charge is 2.37. The maximum absolute atomic E-state index is 12.3. The largest absolute Gasteiger partial charge is 0.488 e. The molecule has 0 saturated heterocycles. The fraction of sp³-hybridized carbons (Fsp3) is 0.567. The smallest absolute Gasteiger partial charge is 0.175 e. The van der Waals surface area contributed by atoms with E-state index in [0.717, 1.165) is 41.9 Å². The second-order valence-corrected chi connectivity index (χ2v) is 12.5. The summed E-state index contributed by atoms with van der Waals surface area (Å²) in [6.45, 7) is 16.4. The number of carbonyl (C=O) groups is 1. The molecule has 1 aliphatic rings. The van der Waals surface area contributed by atoms with Crippen LogP contribution in [0, 0.1) is 12.3 Å². The minimum atomic E-state index is -0.895. The van der Waals surface area contributed by atoms with Crippen molar-refractivity contribution < 1.29 is 18.5 Å². The Morgan fingerprint density at radius 3 is 2.34 bits per heavy atom. The van der Waals surface area contributed by atoms with Gasteiger partial charge >= 0.3 is 0 Å². The van der Waals surface area contributed by atoms with Crippen LogP contribution in [0.25, 0.3) is 0 Å². The van der Waals surface area contributed by atoms with Gasteiger partial charge in [-0.05, 0) is 75.0 Å². The van der Waals surface area contributed by atoms with Crippen LogP contribution in [0.1, 0.15) is 78.9 Å². The summed E-state index contributed by atoms with van der Waals surface area (Å²) in [7, 11) is -0.895. The molecule has 0 radical (unpaired) electrons. The van der Waals surface area contributed by atoms with Gasteiger partial charge < -0.3 is 9.47 Å². The van der Waals surface area contributed by atoms with Crippen molar-refractivity contribution in [3.8, 4) is 5.75 Å². The third kappa shape index (κ3) is 7.67. The standard InChI is InChI=1S/C30H44O4S/c1-10-30(11-2,24-15-16-25(22(3)19-24)33-20-26(31)28(4,5)6)27-14-12-13-23(21-35(9)32)17-18-29(7,8)34-27/h13-19H,10-12,20-21H2,1-9H3/b18-17-,23-13+,27-14-. The molecular formula is C30H44O4S. The fourth-order valence-corrected chi connectivity index (χ4v) is 4.99. The fourth-order valence-electron chi connectivity index (χ4n) is 4.30. The Morgan fingerprint density at radius 1 is 1.14 bits per heavy atom. The van der Waals surface area contributed by atoms with E-state index in [1.54, 1.807) is 6.26 Å². The lowest BCUT2D eigenvalue weighted by Gasteiger charge is -2.39. The van der Waals surface area contributed by atoms with E-state index >= 15 is 0 Å². The molecule has 35 heavy (non-hydrogen) atoms. The molecule has 0 fully saturated rings. The van der Waals surface area contributed by atoms with Gasteiger partial charge in [0.05, 0.1) is 5.41 Å². The predicted octanol–water partition coefficient (Wildman–Crippen LogP) is 6.99. The van der Waals surface area contributed by atoms with Gasteiger partial charge in [-0.3, -0.25) is 9.00 Å². The monoisotopic (exact) mass is 500 g/mol. The molecule has 0 saturated carbocycles. The van der Waals surface area contributed by atoms with Gasteiger partial charge in [0.25, 0.3) is 0 Å². The molecule has 0 spiro atoms. The first-order valence-corrected chi connectivity index (χ1v) is 14.3. The van der Waals surface area contributed by atoms with Gasteiger partial charge in [0.1, 0.15) is 23.7 Å². The van der Waals surface area contributed by atoms with E-state index in [-0.39, 0.29) is 17.8 Å². The van der Waals surface area contributed by atoms with Crippen molar-refractivity contribution in [2.75, 3.05) is 18.6 Å². The van der Waals surface area contributed by atoms with Crippen LogP contribution in [-0.2, 0) is 25.7 Å². The van der Waals surface area contributed by atoms with Crippen molar-refractivity contribution in [3.05, 3.63) is 65.0 Å². The molecular weight excluding hydrogens is 456 g/mol. The Bertz CT molecular complexity index is 1020. The van der Waals surface area contributed by atoms with E-state index in [9.17, 15) is 9.00 Å². The van der Waals surface area contributed by atoms with E-state index in [2.05, 4.69) is 58.1 Å². The molecule has 4 nitrogen and oxygen atoms in total. The van der Waals surface area contributed by atoms with Gasteiger partial charge in [-0.1, -0.05) is 58.9 Å². The zero-order valence-corrected chi connectivity index (χ0v) is 23.9. The number of Topliss-reactive ketones (excluding diaryl/α,β-unsaturated/α-hetero) is 1. The second-order valence-electron chi connectivity index (χ2n) is 11.1. The third-order valence-electron chi connectivity index (χ3n) is 6.73. The molecule has 0 aliphatic carbocycles. The van der Waals surface area contributed by atoms with Gasteiger partial charge in [0.15, 0.2) is 5.78 Å². The number of hydrogen-bond acceptors (Lipinski definition) is 4. The maximum atomic E-state index is 12.3. The number of allylic oxidation sites excluding steroid dienone is 4. The molecule has 1 aliphatic heterocycles. The summed E-state index contributed by atoms with van der Waals surface area (Å²) >= 11 is 0. The molecule has 1 atom stereocenters. The van der Waals surface area contributed by atoms with Crippen molar-refractivity contribution in [2.24, 2.45) is 5.41 Å². The summed E-state index contributed by atoms with van der Waals surface area (Å²) in [5, 5.41) is 0. The number of ketones is 1. The van der Waals surface area contributed by atoms with Crippen LogP contribution in [0.4, 0.5) is 0 Å². The number of carbonyl (C=O) groups excluding carboxylic acids is 1. The van der Waals surface area contributed by atoms with Crippen LogP contribution in [-0.4, -0.2) is 34.2 Å². The summed E-state index contributed by atoms with van der Waals surface area (Å²) in [6.07, 6.45) is 12.7. The first-order valence-electron chi connectivity index (χ1n) is 12.6. The number of aryl methyl sites for hydroxylation is 1. The molecule has 1 unspecified atom stereocenters. The van der Waals surface area contributed by atoms with Gasteiger partial charge in [0.2, 0.25) is 0 Å². The highest BCUT2D eigenvalue weighted by atomic mass is 32.2. The van der Waals surface area contributed by atoms with Crippen molar-refractivity contribution in [3.63, 3.8) is 0 Å². The average Bonchev–Trinajstić information content (AvgIpc) is 2.82. The Morgan fingerprint density at radius 2 is 1.80 bits per heavy atom. The predicted molar refractivity (Wildman–Crippen MR) is 147 cm³/mol. The Balaban J connectivity index is 2.44. The Kier molecular flexibility index (Phi) is 9.75. The topological polar surface area (TPSA) is 52.6 Å². The van der Waals surface area contributed by atoms with E-state index in [1.165, 1.54) is 5.56 Å². The van der Waals surface area contributed by atoms with Gasteiger partial charge in [0, 0.05) is 28.2 Å². The number of hydrogen-bond donors (Lipinski definition) is 0. The molecule has 1 aromatic carbocycles. The lowest BCUT2D eigenvalue weighted by atomic mass is 9.73. The zero-order chi connectivity index (χ0) is 26.4. The first kappa shape index (κ1) is 29.1. The Labute approximate surface area is 215 Å². The van der Waals surface area contributed by atoms with Crippen molar-refractivity contribution >= 4 is 16.6 Å². The number of rotatable bonds is 9. The number of benzene rings is 1. The van der Waals surface area contributed by atoms with Gasteiger partial charge in [-0.15, -0.1) is 0 Å². The van der Waals surface area contributed by atoms with Crippen LogP contribution < -0.4 is 4.74 Å². The quantitative estimate of drug-likeness (QED) is 0.367. The van der Waals surface area contributed by atoms with E-state index in [0.29, 0.717) is 5.75 Å². The second kappa shape index (κ2) is 11.7. The van der Waals surface area contributed by atoms with Crippen LogP contribution >= 0.6 is 0 Å². The highest BCUT2D eigenvalue weighted by molar-refractivity contribution is 7.84. The maximum Gasteiger partial charge on any atom is 0.175 e. The Hall–Kier alpha value is -2.14. The normalized spacial score (nSPS) is 21.2. The SMILES string of the molecule is CCC(CC)(/C1=C/C/C=C(CS(C)=O)\C=C/C(C)(C)O1)c1ccc(OCC(=O)C(C)(C)C)c(C)c1. The van der Waals surface area contributed by atoms with E-state index in [1.807, 2.05) is 39.8 Å². The highest BCUT2D eigenvalue weighted by Crippen LogP contribution is 2.43. The third-order valence-corrected chi connectivity index (χ3v) is 7.47. The lowest BCUT2D eigenvalue weighted by molar-refractivity contribution is -0.128. The molecule has 2 rings (SSSR count). The van der Waals surface area contributed by atoms with Gasteiger partial charge in [-0.25, -0.2) is 0 Å². The first-order chi connectivity index (χ1) is 16.2. The lowest BCUT2D eigenvalue weighted by Crippen LogP contribution is -2.34. The molecule has 1 aromatic rings. The van der Waals surface area contributed by atoms with Crippen LogP contribution in [0.3, 0.4) is 0 Å². The number of ether oxygens (including phenoxy) is 2.